The zero-order chi connectivity index (χ0) is 17.5. The number of carbonyl (C=O) groups excluding carboxylic acids is 1. The summed E-state index contributed by atoms with van der Waals surface area (Å²) in [5.74, 6) is 0.0592. The van der Waals surface area contributed by atoms with Crippen LogP contribution in [-0.4, -0.2) is 36.9 Å². The van der Waals surface area contributed by atoms with Crippen molar-refractivity contribution in [2.75, 3.05) is 6.54 Å². The summed E-state index contributed by atoms with van der Waals surface area (Å²) < 4.78 is 1.79. The van der Waals surface area contributed by atoms with E-state index in [9.17, 15) is 4.79 Å². The lowest BCUT2D eigenvalue weighted by molar-refractivity contribution is 0.0606. The maximum Gasteiger partial charge on any atom is 0.255 e. The van der Waals surface area contributed by atoms with E-state index in [1.54, 1.807) is 10.7 Å². The molecule has 3 aromatic heterocycles. The second-order valence-corrected chi connectivity index (χ2v) is 6.84. The minimum absolute atomic E-state index is 0.0592. The van der Waals surface area contributed by atoms with Crippen molar-refractivity contribution in [3.8, 4) is 0 Å². The molecule has 0 unspecified atom stereocenters. The molecule has 4 heterocycles. The Morgan fingerprint density at radius 3 is 3.00 bits per heavy atom. The number of aromatic nitrogens is 4. The third-order valence-corrected chi connectivity index (χ3v) is 5.21. The fraction of sp³-hybridized carbons (Fsp3) is 0.250. The van der Waals surface area contributed by atoms with Gasteiger partial charge in [-0.15, -0.1) is 10.2 Å². The van der Waals surface area contributed by atoms with Gasteiger partial charge in [-0.25, -0.2) is 0 Å². The fourth-order valence-corrected chi connectivity index (χ4v) is 3.89. The van der Waals surface area contributed by atoms with Gasteiger partial charge in [-0.2, -0.15) is 0 Å². The third kappa shape index (κ3) is 2.45. The van der Waals surface area contributed by atoms with Gasteiger partial charge in [0.2, 0.25) is 0 Å². The Morgan fingerprint density at radius 1 is 1.15 bits per heavy atom. The quantitative estimate of drug-likeness (QED) is 0.604. The topological polar surface area (TPSA) is 66.3 Å². The van der Waals surface area contributed by atoms with E-state index in [2.05, 4.69) is 33.4 Å². The molecule has 1 amide bonds. The minimum Gasteiger partial charge on any atom is -0.357 e. The monoisotopic (exact) mass is 345 g/mol. The Labute approximate surface area is 150 Å². The van der Waals surface area contributed by atoms with E-state index >= 15 is 0 Å². The molecule has 1 aliphatic rings. The number of amides is 1. The standard InChI is InChI=1S/C20H19N5O/c26-20(15-8-9-19-23-21-13-24(19)12-15)25-10-4-3-7-18(25)17-11-14-5-1-2-6-16(14)22-17/h1-2,5-6,8-9,11-13,18,22H,3-4,7,10H2/t18-/m0/s1. The highest BCUT2D eigenvalue weighted by molar-refractivity contribution is 5.94. The first kappa shape index (κ1) is 15.1. The summed E-state index contributed by atoms with van der Waals surface area (Å²) in [5.41, 5.74) is 3.64. The van der Waals surface area contributed by atoms with Crippen LogP contribution >= 0.6 is 0 Å². The van der Waals surface area contributed by atoms with Gasteiger partial charge >= 0.3 is 0 Å². The van der Waals surface area contributed by atoms with E-state index in [-0.39, 0.29) is 11.9 Å². The number of piperidine rings is 1. The van der Waals surface area contributed by atoms with E-state index in [1.807, 2.05) is 35.4 Å². The SMILES string of the molecule is O=C(c1ccc2nncn2c1)N1CCCC[C@H]1c1cc2ccccc2[nH]1. The molecule has 0 saturated carbocycles. The van der Waals surface area contributed by atoms with Gasteiger partial charge < -0.3 is 9.88 Å². The Morgan fingerprint density at radius 2 is 2.08 bits per heavy atom. The third-order valence-electron chi connectivity index (χ3n) is 5.21. The van der Waals surface area contributed by atoms with Crippen LogP contribution < -0.4 is 0 Å². The first-order chi connectivity index (χ1) is 12.8. The number of para-hydroxylation sites is 1. The number of fused-ring (bicyclic) bond motifs is 2. The molecule has 6 nitrogen and oxygen atoms in total. The van der Waals surface area contributed by atoms with E-state index in [4.69, 9.17) is 0 Å². The first-order valence-corrected chi connectivity index (χ1v) is 8.97. The first-order valence-electron chi connectivity index (χ1n) is 8.97. The smallest absolute Gasteiger partial charge is 0.255 e. The molecule has 0 aliphatic carbocycles. The predicted molar refractivity (Wildman–Crippen MR) is 98.9 cm³/mol. The van der Waals surface area contributed by atoms with Crippen LogP contribution in [-0.2, 0) is 0 Å². The molecule has 4 aromatic rings. The van der Waals surface area contributed by atoms with Crippen molar-refractivity contribution in [1.82, 2.24) is 24.5 Å². The second-order valence-electron chi connectivity index (χ2n) is 6.84. The molecule has 1 aliphatic heterocycles. The number of likely N-dealkylation sites (tertiary alicyclic amines) is 1. The molecule has 1 saturated heterocycles. The summed E-state index contributed by atoms with van der Waals surface area (Å²) in [4.78, 5) is 18.7. The molecule has 5 rings (SSSR count). The molecule has 6 heteroatoms. The fourth-order valence-electron chi connectivity index (χ4n) is 3.89. The van der Waals surface area contributed by atoms with E-state index in [0.717, 1.165) is 42.7 Å². The van der Waals surface area contributed by atoms with Crippen LogP contribution in [0.3, 0.4) is 0 Å². The predicted octanol–water partition coefficient (Wildman–Crippen LogP) is 3.58. The van der Waals surface area contributed by atoms with Crippen molar-refractivity contribution < 1.29 is 4.79 Å². The average molecular weight is 345 g/mol. The summed E-state index contributed by atoms with van der Waals surface area (Å²) in [6.45, 7) is 0.777. The van der Waals surface area contributed by atoms with Crippen LogP contribution in [0.25, 0.3) is 16.6 Å². The number of carbonyl (C=O) groups is 1. The minimum atomic E-state index is 0.0592. The maximum atomic E-state index is 13.2. The van der Waals surface area contributed by atoms with E-state index in [1.165, 1.54) is 5.39 Å². The summed E-state index contributed by atoms with van der Waals surface area (Å²) >= 11 is 0. The van der Waals surface area contributed by atoms with Gasteiger partial charge in [0.15, 0.2) is 5.65 Å². The lowest BCUT2D eigenvalue weighted by atomic mass is 9.98. The molecule has 1 atom stereocenters. The number of benzene rings is 1. The molecular weight excluding hydrogens is 326 g/mol. The van der Waals surface area contributed by atoms with Crippen molar-refractivity contribution in [1.29, 1.82) is 0 Å². The number of hydrogen-bond donors (Lipinski definition) is 1. The van der Waals surface area contributed by atoms with Gasteiger partial charge in [0.05, 0.1) is 11.6 Å². The van der Waals surface area contributed by atoms with Crippen molar-refractivity contribution in [3.05, 3.63) is 66.2 Å². The average Bonchev–Trinajstić information content (AvgIpc) is 3.33. The molecule has 26 heavy (non-hydrogen) atoms. The van der Waals surface area contributed by atoms with Crippen molar-refractivity contribution >= 4 is 22.5 Å². The summed E-state index contributed by atoms with van der Waals surface area (Å²) in [6, 6.07) is 14.2. The molecular formula is C20H19N5O. The van der Waals surface area contributed by atoms with Crippen LogP contribution in [0.15, 0.2) is 55.0 Å². The largest absolute Gasteiger partial charge is 0.357 e. The van der Waals surface area contributed by atoms with Gasteiger partial charge in [-0.05, 0) is 48.9 Å². The summed E-state index contributed by atoms with van der Waals surface area (Å²) in [7, 11) is 0. The zero-order valence-electron chi connectivity index (χ0n) is 14.3. The number of nitrogens with zero attached hydrogens (tertiary/aromatic N) is 4. The molecule has 1 N–H and O–H groups in total. The molecule has 0 spiro atoms. The van der Waals surface area contributed by atoms with Gasteiger partial charge in [0, 0.05) is 24.0 Å². The lowest BCUT2D eigenvalue weighted by Crippen LogP contribution is -2.38. The Hall–Kier alpha value is -3.15. The zero-order valence-corrected chi connectivity index (χ0v) is 14.3. The number of pyridine rings is 1. The van der Waals surface area contributed by atoms with Gasteiger partial charge in [0.25, 0.3) is 5.91 Å². The number of nitrogens with one attached hydrogen (secondary N) is 1. The van der Waals surface area contributed by atoms with Gasteiger partial charge in [0.1, 0.15) is 6.33 Å². The summed E-state index contributed by atoms with van der Waals surface area (Å²) in [5, 5.41) is 9.07. The Kier molecular flexibility index (Phi) is 3.48. The molecule has 0 bridgehead atoms. The second kappa shape index (κ2) is 5.98. The van der Waals surface area contributed by atoms with Crippen molar-refractivity contribution in [3.63, 3.8) is 0 Å². The van der Waals surface area contributed by atoms with Gasteiger partial charge in [-0.1, -0.05) is 18.2 Å². The Bertz CT molecular complexity index is 1060. The number of rotatable bonds is 2. The molecule has 1 aromatic carbocycles. The van der Waals surface area contributed by atoms with Crippen LogP contribution in [0.1, 0.15) is 41.4 Å². The number of H-pyrrole nitrogens is 1. The number of hydrogen-bond acceptors (Lipinski definition) is 3. The van der Waals surface area contributed by atoms with Crippen LogP contribution in [0.4, 0.5) is 0 Å². The summed E-state index contributed by atoms with van der Waals surface area (Å²) in [6.07, 6.45) is 6.59. The van der Waals surface area contributed by atoms with Crippen molar-refractivity contribution in [2.24, 2.45) is 0 Å². The van der Waals surface area contributed by atoms with Crippen LogP contribution in [0.2, 0.25) is 0 Å². The Balaban J connectivity index is 1.51. The molecule has 130 valence electrons. The van der Waals surface area contributed by atoms with Crippen LogP contribution in [0.5, 0.6) is 0 Å². The highest BCUT2D eigenvalue weighted by Gasteiger charge is 2.30. The number of aromatic amines is 1. The lowest BCUT2D eigenvalue weighted by Gasteiger charge is -2.35. The van der Waals surface area contributed by atoms with E-state index in [0.29, 0.717) is 5.56 Å². The molecule has 0 radical (unpaired) electrons. The van der Waals surface area contributed by atoms with Gasteiger partial charge in [-0.3, -0.25) is 9.20 Å². The highest BCUT2D eigenvalue weighted by Crippen LogP contribution is 2.33. The van der Waals surface area contributed by atoms with E-state index < -0.39 is 0 Å². The normalized spacial score (nSPS) is 17.8. The van der Waals surface area contributed by atoms with Crippen molar-refractivity contribution in [2.45, 2.75) is 25.3 Å². The highest BCUT2D eigenvalue weighted by atomic mass is 16.2. The molecule has 1 fully saturated rings. The maximum absolute atomic E-state index is 13.2. The van der Waals surface area contributed by atoms with Crippen LogP contribution in [0, 0.1) is 0 Å².